The third-order valence-corrected chi connectivity index (χ3v) is 2.87. The molecule has 0 unspecified atom stereocenters. The highest BCUT2D eigenvalue weighted by molar-refractivity contribution is 6.06. The van der Waals surface area contributed by atoms with E-state index in [1.807, 2.05) is 20.8 Å². The number of nitro benzene ring substituents is 2. The Morgan fingerprint density at radius 3 is 1.88 bits per heavy atom. The fourth-order valence-electron chi connectivity index (χ4n) is 1.94. The van der Waals surface area contributed by atoms with Crippen molar-refractivity contribution in [1.82, 2.24) is 10.6 Å². The van der Waals surface area contributed by atoms with Gasteiger partial charge in [-0.25, -0.2) is 0 Å². The number of nitrogens with one attached hydrogen (secondary N) is 2. The molecule has 0 aliphatic carbocycles. The first-order valence-electron chi connectivity index (χ1n) is 6.97. The first kappa shape index (κ1) is 19.2. The summed E-state index contributed by atoms with van der Waals surface area (Å²) < 4.78 is 0. The molecule has 0 aliphatic heterocycles. The van der Waals surface area contributed by atoms with Gasteiger partial charge in [0.05, 0.1) is 27.5 Å². The molecule has 0 radical (unpaired) electrons. The Bertz CT molecular complexity index is 663. The number of hydrogen-bond acceptors (Lipinski definition) is 7. The molecule has 0 saturated carbocycles. The number of amides is 2. The van der Waals surface area contributed by atoms with E-state index >= 15 is 0 Å². The zero-order chi connectivity index (χ0) is 18.7. The third-order valence-electron chi connectivity index (χ3n) is 2.87. The molecule has 0 spiro atoms. The number of nitro groups is 2. The molecule has 0 heterocycles. The Morgan fingerprint density at radius 1 is 1.04 bits per heavy atom. The van der Waals surface area contributed by atoms with Crippen LogP contribution in [0.5, 0.6) is 0 Å². The van der Waals surface area contributed by atoms with Gasteiger partial charge in [0.25, 0.3) is 17.3 Å². The fourth-order valence-corrected chi connectivity index (χ4v) is 1.94. The van der Waals surface area contributed by atoms with Gasteiger partial charge in [-0.1, -0.05) is 0 Å². The molecular weight excluding hydrogens is 320 g/mol. The van der Waals surface area contributed by atoms with Gasteiger partial charge in [0, 0.05) is 17.7 Å². The number of benzene rings is 1. The second-order valence-electron chi connectivity index (χ2n) is 6.19. The van der Waals surface area contributed by atoms with Crippen LogP contribution in [-0.4, -0.2) is 33.2 Å². The second-order valence-corrected chi connectivity index (χ2v) is 6.19. The average molecular weight is 338 g/mol. The van der Waals surface area contributed by atoms with Crippen molar-refractivity contribution in [3.63, 3.8) is 0 Å². The summed E-state index contributed by atoms with van der Waals surface area (Å²) in [7, 11) is 0. The normalized spacial score (nSPS) is 12.3. The molecular formula is C14H18N4O6. The lowest BCUT2D eigenvalue weighted by Gasteiger charge is -2.25. The van der Waals surface area contributed by atoms with E-state index < -0.39 is 39.1 Å². The molecule has 1 aromatic rings. The summed E-state index contributed by atoms with van der Waals surface area (Å²) in [5.74, 6) is -1.60. The Hall–Kier alpha value is -2.88. The minimum absolute atomic E-state index is 0.341. The van der Waals surface area contributed by atoms with Crippen LogP contribution < -0.4 is 10.6 Å². The van der Waals surface area contributed by atoms with Crippen molar-refractivity contribution in [3.8, 4) is 0 Å². The maximum absolute atomic E-state index is 12.1. The van der Waals surface area contributed by atoms with Gasteiger partial charge in [0.2, 0.25) is 5.91 Å². The average Bonchev–Trinajstić information content (AvgIpc) is 2.44. The third kappa shape index (κ3) is 5.39. The van der Waals surface area contributed by atoms with Crippen LogP contribution in [0.1, 0.15) is 38.1 Å². The molecule has 1 rings (SSSR count). The van der Waals surface area contributed by atoms with Crippen LogP contribution >= 0.6 is 0 Å². The number of carbonyl (C=O) groups is 2. The molecule has 0 saturated heterocycles. The van der Waals surface area contributed by atoms with E-state index in [-0.39, 0.29) is 11.1 Å². The summed E-state index contributed by atoms with van der Waals surface area (Å²) >= 11 is 0. The standard InChI is InChI=1S/C14H18N4O6/c1-8(16-14(2,3)4)12(19)15-13(20)9-5-10(17(21)22)7-11(6-9)18(23)24/h5-8,16H,1-4H3,(H,15,19,20)/t8-/m0/s1. The van der Waals surface area contributed by atoms with Crippen molar-refractivity contribution in [3.05, 3.63) is 44.0 Å². The maximum atomic E-state index is 12.1. The first-order valence-corrected chi connectivity index (χ1v) is 6.97. The van der Waals surface area contributed by atoms with Gasteiger partial charge in [0.1, 0.15) is 0 Å². The van der Waals surface area contributed by atoms with Crippen molar-refractivity contribution in [2.45, 2.75) is 39.3 Å². The molecule has 0 aliphatic rings. The second kappa shape index (κ2) is 7.13. The summed E-state index contributed by atoms with van der Waals surface area (Å²) in [5.41, 5.74) is -1.93. The summed E-state index contributed by atoms with van der Waals surface area (Å²) in [6.45, 7) is 7.05. The van der Waals surface area contributed by atoms with Crippen LogP contribution in [0.25, 0.3) is 0 Å². The van der Waals surface area contributed by atoms with Crippen molar-refractivity contribution < 1.29 is 19.4 Å². The van der Waals surface area contributed by atoms with E-state index in [4.69, 9.17) is 0 Å². The topological polar surface area (TPSA) is 144 Å². The Kier molecular flexibility index (Phi) is 5.69. The van der Waals surface area contributed by atoms with Gasteiger partial charge in [-0.2, -0.15) is 0 Å². The lowest BCUT2D eigenvalue weighted by molar-refractivity contribution is -0.394. The molecule has 1 aromatic carbocycles. The van der Waals surface area contributed by atoms with Gasteiger partial charge in [0.15, 0.2) is 0 Å². The van der Waals surface area contributed by atoms with E-state index in [1.54, 1.807) is 6.92 Å². The SMILES string of the molecule is C[C@H](NC(C)(C)C)C(=O)NC(=O)c1cc([N+](=O)[O-])cc([N+](=O)[O-])c1. The van der Waals surface area contributed by atoms with Gasteiger partial charge in [-0.15, -0.1) is 0 Å². The molecule has 1 atom stereocenters. The van der Waals surface area contributed by atoms with E-state index in [1.165, 1.54) is 0 Å². The maximum Gasteiger partial charge on any atom is 0.277 e. The Morgan fingerprint density at radius 2 is 1.50 bits per heavy atom. The number of rotatable bonds is 5. The van der Waals surface area contributed by atoms with Crippen molar-refractivity contribution in [2.75, 3.05) is 0 Å². The van der Waals surface area contributed by atoms with Crippen LogP contribution in [0.4, 0.5) is 11.4 Å². The van der Waals surface area contributed by atoms with Crippen LogP contribution in [0.2, 0.25) is 0 Å². The van der Waals surface area contributed by atoms with Crippen molar-refractivity contribution in [1.29, 1.82) is 0 Å². The van der Waals surface area contributed by atoms with E-state index in [0.29, 0.717) is 0 Å². The van der Waals surface area contributed by atoms with Gasteiger partial charge in [-0.05, 0) is 27.7 Å². The lowest BCUT2D eigenvalue weighted by atomic mass is 10.1. The summed E-state index contributed by atoms with van der Waals surface area (Å²) in [6.07, 6.45) is 0. The number of carbonyl (C=O) groups excluding carboxylic acids is 2. The zero-order valence-electron chi connectivity index (χ0n) is 13.7. The molecule has 10 heteroatoms. The fraction of sp³-hybridized carbons (Fsp3) is 0.429. The van der Waals surface area contributed by atoms with E-state index in [9.17, 15) is 29.8 Å². The summed E-state index contributed by atoms with van der Waals surface area (Å²) in [4.78, 5) is 44.0. The minimum Gasteiger partial charge on any atom is -0.301 e. The van der Waals surface area contributed by atoms with Crippen LogP contribution in [0, 0.1) is 20.2 Å². The summed E-state index contributed by atoms with van der Waals surface area (Å²) in [5, 5.41) is 26.6. The first-order chi connectivity index (χ1) is 10.9. The predicted molar refractivity (Wildman–Crippen MR) is 84.6 cm³/mol. The lowest BCUT2D eigenvalue weighted by Crippen LogP contribution is -2.51. The summed E-state index contributed by atoms with van der Waals surface area (Å²) in [6, 6.07) is 1.78. The van der Waals surface area contributed by atoms with Crippen molar-refractivity contribution in [2.24, 2.45) is 0 Å². The molecule has 2 amide bonds. The van der Waals surface area contributed by atoms with Crippen LogP contribution in [-0.2, 0) is 4.79 Å². The van der Waals surface area contributed by atoms with E-state index in [0.717, 1.165) is 18.2 Å². The van der Waals surface area contributed by atoms with E-state index in [2.05, 4.69) is 10.6 Å². The zero-order valence-corrected chi connectivity index (χ0v) is 13.7. The molecule has 2 N–H and O–H groups in total. The number of imide groups is 1. The number of non-ortho nitro benzene ring substituents is 2. The van der Waals surface area contributed by atoms with Gasteiger partial charge in [-0.3, -0.25) is 35.1 Å². The molecule has 10 nitrogen and oxygen atoms in total. The molecule has 0 bridgehead atoms. The smallest absolute Gasteiger partial charge is 0.277 e. The Balaban J connectivity index is 3.01. The highest BCUT2D eigenvalue weighted by atomic mass is 16.6. The predicted octanol–water partition coefficient (Wildman–Crippen LogP) is 1.54. The largest absolute Gasteiger partial charge is 0.301 e. The van der Waals surface area contributed by atoms with Gasteiger partial charge < -0.3 is 5.32 Å². The number of nitrogens with zero attached hydrogens (tertiary/aromatic N) is 2. The monoisotopic (exact) mass is 338 g/mol. The molecule has 0 fully saturated rings. The molecule has 130 valence electrons. The molecule has 24 heavy (non-hydrogen) atoms. The number of hydrogen-bond donors (Lipinski definition) is 2. The highest BCUT2D eigenvalue weighted by Gasteiger charge is 2.24. The van der Waals surface area contributed by atoms with Crippen molar-refractivity contribution >= 4 is 23.2 Å². The minimum atomic E-state index is -0.950. The quantitative estimate of drug-likeness (QED) is 0.611. The molecule has 0 aromatic heterocycles. The van der Waals surface area contributed by atoms with Crippen LogP contribution in [0.15, 0.2) is 18.2 Å². The van der Waals surface area contributed by atoms with Gasteiger partial charge >= 0.3 is 0 Å². The highest BCUT2D eigenvalue weighted by Crippen LogP contribution is 2.22. The Labute approximate surface area is 137 Å². The van der Waals surface area contributed by atoms with Crippen LogP contribution in [0.3, 0.4) is 0 Å².